The molecule has 0 spiro atoms. The molecular formula is C19H25N3O5. The molecule has 1 aromatic carbocycles. The highest BCUT2D eigenvalue weighted by molar-refractivity contribution is 5.90. The third kappa shape index (κ3) is 6.02. The van der Waals surface area contributed by atoms with Crippen LogP contribution in [-0.4, -0.2) is 49.3 Å². The van der Waals surface area contributed by atoms with E-state index >= 15 is 0 Å². The number of benzene rings is 1. The molecular weight excluding hydrogens is 350 g/mol. The molecule has 8 nitrogen and oxygen atoms in total. The van der Waals surface area contributed by atoms with Crippen molar-refractivity contribution in [3.05, 3.63) is 36.0 Å². The lowest BCUT2D eigenvalue weighted by atomic mass is 10.0. The first-order valence-electron chi connectivity index (χ1n) is 8.73. The molecule has 2 rings (SSSR count). The summed E-state index contributed by atoms with van der Waals surface area (Å²) in [6.07, 6.45) is 1.36. The molecule has 0 saturated carbocycles. The fraction of sp³-hybridized carbons (Fsp3) is 0.421. The standard InChI is InChI=1S/C19H25N3O5/c1-12(2)11-27-19(25)22-16(18(24)21-10-17(23)26-3)8-13-9-20-15-7-5-4-6-14(13)15/h4-7,9,12,16,20H,8,10-11H2,1-3H3,(H,21,24)(H,22,25)/t16-/m1/s1. The first-order chi connectivity index (χ1) is 12.9. The van der Waals surface area contributed by atoms with Crippen LogP contribution < -0.4 is 10.6 Å². The largest absolute Gasteiger partial charge is 0.468 e. The second-order valence-electron chi connectivity index (χ2n) is 6.55. The first kappa shape index (κ1) is 20.3. The quantitative estimate of drug-likeness (QED) is 0.609. The maximum absolute atomic E-state index is 12.5. The lowest BCUT2D eigenvalue weighted by Crippen LogP contribution is -2.49. The molecule has 2 amide bonds. The van der Waals surface area contributed by atoms with Crippen molar-refractivity contribution in [2.75, 3.05) is 20.3 Å². The molecule has 0 fully saturated rings. The summed E-state index contributed by atoms with van der Waals surface area (Å²) in [5.74, 6) is -0.889. The Kier molecular flexibility index (Phi) is 7.22. The summed E-state index contributed by atoms with van der Waals surface area (Å²) in [5, 5.41) is 6.01. The molecule has 1 aromatic heterocycles. The Balaban J connectivity index is 2.11. The number of ether oxygens (including phenoxy) is 2. The van der Waals surface area contributed by atoms with E-state index in [1.807, 2.05) is 38.1 Å². The van der Waals surface area contributed by atoms with Crippen LogP contribution in [0.4, 0.5) is 4.79 Å². The number of carbonyl (C=O) groups is 3. The monoisotopic (exact) mass is 375 g/mol. The number of carbonyl (C=O) groups excluding carboxylic acids is 3. The van der Waals surface area contributed by atoms with Gasteiger partial charge < -0.3 is 25.1 Å². The van der Waals surface area contributed by atoms with Crippen molar-refractivity contribution in [2.45, 2.75) is 26.3 Å². The van der Waals surface area contributed by atoms with E-state index in [1.54, 1.807) is 6.20 Å². The number of aromatic amines is 1. The molecule has 1 heterocycles. The van der Waals surface area contributed by atoms with Gasteiger partial charge in [0.15, 0.2) is 0 Å². The van der Waals surface area contributed by atoms with Crippen molar-refractivity contribution in [3.8, 4) is 0 Å². The lowest BCUT2D eigenvalue weighted by Gasteiger charge is -2.18. The second kappa shape index (κ2) is 9.61. The third-order valence-corrected chi connectivity index (χ3v) is 3.89. The van der Waals surface area contributed by atoms with Gasteiger partial charge in [0.25, 0.3) is 0 Å². The number of rotatable bonds is 8. The number of aromatic nitrogens is 1. The van der Waals surface area contributed by atoms with E-state index in [0.717, 1.165) is 16.5 Å². The highest BCUT2D eigenvalue weighted by Gasteiger charge is 2.24. The lowest BCUT2D eigenvalue weighted by molar-refractivity contribution is -0.141. The summed E-state index contributed by atoms with van der Waals surface area (Å²) in [7, 11) is 1.24. The van der Waals surface area contributed by atoms with Gasteiger partial charge in [-0.25, -0.2) is 4.79 Å². The molecule has 0 saturated heterocycles. The molecule has 27 heavy (non-hydrogen) atoms. The first-order valence-corrected chi connectivity index (χ1v) is 8.73. The van der Waals surface area contributed by atoms with E-state index < -0.39 is 24.0 Å². The summed E-state index contributed by atoms with van der Waals surface area (Å²) in [5.41, 5.74) is 1.80. The van der Waals surface area contributed by atoms with Crippen molar-refractivity contribution >= 4 is 28.9 Å². The predicted octanol–water partition coefficient (Wildman–Crippen LogP) is 1.75. The maximum atomic E-state index is 12.5. The van der Waals surface area contributed by atoms with Gasteiger partial charge in [-0.15, -0.1) is 0 Å². The van der Waals surface area contributed by atoms with E-state index in [2.05, 4.69) is 20.4 Å². The van der Waals surface area contributed by atoms with Gasteiger partial charge in [-0.05, 0) is 17.5 Å². The molecule has 3 N–H and O–H groups in total. The number of amides is 2. The average Bonchev–Trinajstić information content (AvgIpc) is 3.06. The van der Waals surface area contributed by atoms with Crippen LogP contribution in [0.2, 0.25) is 0 Å². The van der Waals surface area contributed by atoms with Crippen molar-refractivity contribution in [2.24, 2.45) is 5.92 Å². The van der Waals surface area contributed by atoms with Crippen molar-refractivity contribution in [3.63, 3.8) is 0 Å². The van der Waals surface area contributed by atoms with Crippen molar-refractivity contribution in [1.29, 1.82) is 0 Å². The Morgan fingerprint density at radius 1 is 1.19 bits per heavy atom. The summed E-state index contributed by atoms with van der Waals surface area (Å²) in [6.45, 7) is 3.80. The van der Waals surface area contributed by atoms with Crippen LogP contribution in [0.25, 0.3) is 10.9 Å². The Labute approximate surface area is 157 Å². The number of para-hydroxylation sites is 1. The molecule has 0 aliphatic carbocycles. The number of alkyl carbamates (subject to hydrolysis) is 1. The number of fused-ring (bicyclic) bond motifs is 1. The van der Waals surface area contributed by atoms with E-state index in [4.69, 9.17) is 4.74 Å². The van der Waals surface area contributed by atoms with Gasteiger partial charge in [-0.2, -0.15) is 0 Å². The van der Waals surface area contributed by atoms with Crippen molar-refractivity contribution in [1.82, 2.24) is 15.6 Å². The number of H-pyrrole nitrogens is 1. The highest BCUT2D eigenvalue weighted by Crippen LogP contribution is 2.19. The fourth-order valence-corrected chi connectivity index (χ4v) is 2.51. The number of esters is 1. The minimum Gasteiger partial charge on any atom is -0.468 e. The van der Waals surface area contributed by atoms with Gasteiger partial charge in [-0.3, -0.25) is 9.59 Å². The summed E-state index contributed by atoms with van der Waals surface area (Å²) >= 11 is 0. The Hall–Kier alpha value is -3.03. The average molecular weight is 375 g/mol. The van der Waals surface area contributed by atoms with Crippen LogP contribution in [0.1, 0.15) is 19.4 Å². The minimum atomic E-state index is -0.895. The van der Waals surface area contributed by atoms with E-state index in [9.17, 15) is 14.4 Å². The second-order valence-corrected chi connectivity index (χ2v) is 6.55. The highest BCUT2D eigenvalue weighted by atomic mass is 16.5. The topological polar surface area (TPSA) is 110 Å². The van der Waals surface area contributed by atoms with E-state index in [0.29, 0.717) is 0 Å². The zero-order chi connectivity index (χ0) is 19.8. The normalized spacial score (nSPS) is 11.9. The van der Waals surface area contributed by atoms with Crippen LogP contribution in [0.5, 0.6) is 0 Å². The Bertz CT molecular complexity index is 799. The summed E-state index contributed by atoms with van der Waals surface area (Å²) in [4.78, 5) is 38.9. The summed E-state index contributed by atoms with van der Waals surface area (Å²) in [6, 6.07) is 6.77. The predicted molar refractivity (Wildman–Crippen MR) is 100 cm³/mol. The van der Waals surface area contributed by atoms with Crippen molar-refractivity contribution < 1.29 is 23.9 Å². The van der Waals surface area contributed by atoms with E-state index in [-0.39, 0.29) is 25.5 Å². The van der Waals surface area contributed by atoms with Gasteiger partial charge in [0, 0.05) is 23.5 Å². The number of hydrogen-bond acceptors (Lipinski definition) is 5. The number of methoxy groups -OCH3 is 1. The van der Waals surface area contributed by atoms with Gasteiger partial charge in [0.1, 0.15) is 12.6 Å². The molecule has 8 heteroatoms. The van der Waals surface area contributed by atoms with Crippen LogP contribution in [0.15, 0.2) is 30.5 Å². The Morgan fingerprint density at radius 2 is 1.93 bits per heavy atom. The smallest absolute Gasteiger partial charge is 0.407 e. The van der Waals surface area contributed by atoms with Gasteiger partial charge in [0.05, 0.1) is 13.7 Å². The van der Waals surface area contributed by atoms with Crippen LogP contribution in [-0.2, 0) is 25.5 Å². The zero-order valence-electron chi connectivity index (χ0n) is 15.7. The summed E-state index contributed by atoms with van der Waals surface area (Å²) < 4.78 is 9.63. The molecule has 146 valence electrons. The molecule has 0 bridgehead atoms. The number of nitrogens with one attached hydrogen (secondary N) is 3. The Morgan fingerprint density at radius 3 is 2.63 bits per heavy atom. The van der Waals surface area contributed by atoms with Gasteiger partial charge in [-0.1, -0.05) is 32.0 Å². The van der Waals surface area contributed by atoms with Crippen LogP contribution in [0.3, 0.4) is 0 Å². The molecule has 0 aliphatic rings. The van der Waals surface area contributed by atoms with E-state index in [1.165, 1.54) is 7.11 Å². The molecule has 1 atom stereocenters. The zero-order valence-corrected chi connectivity index (χ0v) is 15.7. The molecule has 0 aliphatic heterocycles. The number of hydrogen-bond donors (Lipinski definition) is 3. The maximum Gasteiger partial charge on any atom is 0.407 e. The van der Waals surface area contributed by atoms with Gasteiger partial charge in [0.2, 0.25) is 5.91 Å². The molecule has 0 radical (unpaired) electrons. The minimum absolute atomic E-state index is 0.177. The SMILES string of the molecule is COC(=O)CNC(=O)[C@@H](Cc1c[nH]c2ccccc12)NC(=O)OCC(C)C. The molecule has 0 unspecified atom stereocenters. The third-order valence-electron chi connectivity index (χ3n) is 3.89. The van der Waals surface area contributed by atoms with Crippen LogP contribution in [0, 0.1) is 5.92 Å². The van der Waals surface area contributed by atoms with Gasteiger partial charge >= 0.3 is 12.1 Å². The fourth-order valence-electron chi connectivity index (χ4n) is 2.51. The molecule has 2 aromatic rings. The van der Waals surface area contributed by atoms with Crippen LogP contribution >= 0.6 is 0 Å².